The highest BCUT2D eigenvalue weighted by Gasteiger charge is 2.22. The van der Waals surface area contributed by atoms with Gasteiger partial charge in [0.2, 0.25) is 0 Å². The molecule has 3 N–H and O–H groups in total. The largest absolute Gasteiger partial charge is 0.350 e. The maximum absolute atomic E-state index is 11.9. The van der Waals surface area contributed by atoms with E-state index in [4.69, 9.17) is 5.73 Å². The molecule has 0 aromatic carbocycles. The van der Waals surface area contributed by atoms with E-state index in [-0.39, 0.29) is 23.9 Å². The molecule has 0 aliphatic heterocycles. The van der Waals surface area contributed by atoms with Crippen molar-refractivity contribution in [3.05, 3.63) is 19.2 Å². The third-order valence-electron chi connectivity index (χ3n) is 2.91. The summed E-state index contributed by atoms with van der Waals surface area (Å²) < 4.78 is 1.76. The molecular formula is C11H17Br2ClN2OS. The molecule has 18 heavy (non-hydrogen) atoms. The molecule has 0 spiro atoms. The van der Waals surface area contributed by atoms with Gasteiger partial charge in [0.15, 0.2) is 0 Å². The molecule has 7 heteroatoms. The molecule has 0 aliphatic carbocycles. The normalized spacial score (nSPS) is 10.9. The van der Waals surface area contributed by atoms with Gasteiger partial charge in [0.05, 0.1) is 13.1 Å². The number of rotatable bonds is 5. The van der Waals surface area contributed by atoms with Gasteiger partial charge in [-0.25, -0.2) is 0 Å². The number of carbonyl (C=O) groups is 1. The van der Waals surface area contributed by atoms with E-state index in [0.29, 0.717) is 12.1 Å². The lowest BCUT2D eigenvalue weighted by Crippen LogP contribution is -2.49. The van der Waals surface area contributed by atoms with E-state index < -0.39 is 0 Å². The maximum atomic E-state index is 11.9. The van der Waals surface area contributed by atoms with Crippen molar-refractivity contribution in [3.63, 3.8) is 0 Å². The molecule has 0 radical (unpaired) electrons. The second-order valence-corrected chi connectivity index (χ2v) is 7.74. The van der Waals surface area contributed by atoms with Crippen LogP contribution >= 0.6 is 55.6 Å². The smallest absolute Gasteiger partial charge is 0.253 e. The van der Waals surface area contributed by atoms with Gasteiger partial charge in [0, 0.05) is 12.1 Å². The number of hydrogen-bond acceptors (Lipinski definition) is 3. The van der Waals surface area contributed by atoms with Crippen molar-refractivity contribution in [2.45, 2.75) is 32.2 Å². The van der Waals surface area contributed by atoms with Gasteiger partial charge in [-0.05, 0) is 50.8 Å². The highest BCUT2D eigenvalue weighted by atomic mass is 79.9. The number of halogens is 3. The molecule has 0 saturated heterocycles. The monoisotopic (exact) mass is 418 g/mol. The van der Waals surface area contributed by atoms with Gasteiger partial charge in [-0.1, -0.05) is 13.8 Å². The van der Waals surface area contributed by atoms with Gasteiger partial charge in [0.25, 0.3) is 5.91 Å². The summed E-state index contributed by atoms with van der Waals surface area (Å²) in [5.41, 5.74) is 6.47. The van der Waals surface area contributed by atoms with Crippen LogP contribution in [0.5, 0.6) is 0 Å². The molecular weight excluding hydrogens is 403 g/mol. The van der Waals surface area contributed by atoms with Crippen molar-refractivity contribution >= 4 is 61.5 Å². The van der Waals surface area contributed by atoms with Crippen molar-refractivity contribution < 1.29 is 4.79 Å². The lowest BCUT2D eigenvalue weighted by Gasteiger charge is -2.26. The molecule has 0 unspecified atom stereocenters. The first-order valence-electron chi connectivity index (χ1n) is 5.43. The molecule has 1 rings (SSSR count). The van der Waals surface area contributed by atoms with Crippen molar-refractivity contribution in [1.82, 2.24) is 5.32 Å². The minimum atomic E-state index is -0.310. The highest BCUT2D eigenvalue weighted by Crippen LogP contribution is 2.31. The van der Waals surface area contributed by atoms with Crippen molar-refractivity contribution in [2.75, 3.05) is 6.54 Å². The standard InChI is InChI=1S/C11H16Br2N2OS.ClH/c1-3-11(14,4-2)6-15-10(16)7-5-8(12)17-9(7)13;/h5H,3-4,6,14H2,1-2H3,(H,15,16);1H. The number of nitrogens with two attached hydrogens (primary N) is 1. The minimum absolute atomic E-state index is 0. The SMILES string of the molecule is CCC(N)(CC)CNC(=O)c1cc(Br)sc1Br.Cl. The van der Waals surface area contributed by atoms with Gasteiger partial charge in [-0.3, -0.25) is 4.79 Å². The summed E-state index contributed by atoms with van der Waals surface area (Å²) in [5.74, 6) is -0.0875. The zero-order valence-electron chi connectivity index (χ0n) is 10.3. The third-order valence-corrected chi connectivity index (χ3v) is 5.25. The topological polar surface area (TPSA) is 55.1 Å². The van der Waals surface area contributed by atoms with Crippen molar-refractivity contribution in [1.29, 1.82) is 0 Å². The molecule has 3 nitrogen and oxygen atoms in total. The van der Waals surface area contributed by atoms with E-state index in [1.807, 2.05) is 13.8 Å². The van der Waals surface area contributed by atoms with Crippen LogP contribution in [0.1, 0.15) is 37.0 Å². The average molecular weight is 421 g/mol. The van der Waals surface area contributed by atoms with Crippen LogP contribution in [0.25, 0.3) is 0 Å². The van der Waals surface area contributed by atoms with Gasteiger partial charge in [0.1, 0.15) is 0 Å². The Morgan fingerprint density at radius 1 is 1.44 bits per heavy atom. The molecule has 104 valence electrons. The first-order valence-corrected chi connectivity index (χ1v) is 7.84. The highest BCUT2D eigenvalue weighted by molar-refractivity contribution is 9.12. The molecule has 1 aromatic heterocycles. The van der Waals surface area contributed by atoms with E-state index in [1.54, 1.807) is 6.07 Å². The van der Waals surface area contributed by atoms with Crippen LogP contribution < -0.4 is 11.1 Å². The fourth-order valence-electron chi connectivity index (χ4n) is 1.35. The predicted molar refractivity (Wildman–Crippen MR) is 86.8 cm³/mol. The molecule has 0 bridgehead atoms. The number of thiophene rings is 1. The van der Waals surface area contributed by atoms with Crippen LogP contribution in [0.15, 0.2) is 13.6 Å². The Hall–Kier alpha value is 0.380. The fourth-order valence-corrected chi connectivity index (χ4v) is 4.14. The minimum Gasteiger partial charge on any atom is -0.350 e. The van der Waals surface area contributed by atoms with Crippen LogP contribution in [0, 0.1) is 0 Å². The van der Waals surface area contributed by atoms with E-state index >= 15 is 0 Å². The Balaban J connectivity index is 0.00000289. The number of amides is 1. The Kier molecular flexibility index (Phi) is 8.01. The number of hydrogen-bond donors (Lipinski definition) is 2. The Morgan fingerprint density at radius 2 is 2.00 bits per heavy atom. The number of carbonyl (C=O) groups excluding carboxylic acids is 1. The molecule has 1 amide bonds. The molecule has 0 aliphatic rings. The molecule has 0 fully saturated rings. The van der Waals surface area contributed by atoms with E-state index in [0.717, 1.165) is 20.4 Å². The van der Waals surface area contributed by atoms with Crippen molar-refractivity contribution in [2.24, 2.45) is 5.73 Å². The summed E-state index contributed by atoms with van der Waals surface area (Å²) in [6, 6.07) is 1.81. The first-order chi connectivity index (χ1) is 7.91. The summed E-state index contributed by atoms with van der Waals surface area (Å²) in [5, 5.41) is 2.89. The zero-order chi connectivity index (χ0) is 13.1. The number of nitrogens with one attached hydrogen (secondary N) is 1. The van der Waals surface area contributed by atoms with Gasteiger partial charge in [-0.2, -0.15) is 0 Å². The predicted octanol–water partition coefficient (Wildman–Crippen LogP) is 3.94. The Bertz CT molecular complexity index is 408. The van der Waals surface area contributed by atoms with Crippen LogP contribution in [-0.2, 0) is 0 Å². The van der Waals surface area contributed by atoms with Gasteiger partial charge < -0.3 is 11.1 Å². The average Bonchev–Trinajstić information content (AvgIpc) is 2.65. The van der Waals surface area contributed by atoms with Crippen molar-refractivity contribution in [3.8, 4) is 0 Å². The summed E-state index contributed by atoms with van der Waals surface area (Å²) in [6.07, 6.45) is 1.69. The second-order valence-electron chi connectivity index (χ2n) is 3.99. The first kappa shape index (κ1) is 18.4. The lowest BCUT2D eigenvalue weighted by molar-refractivity contribution is 0.0942. The summed E-state index contributed by atoms with van der Waals surface area (Å²) >= 11 is 8.21. The zero-order valence-corrected chi connectivity index (χ0v) is 15.1. The third kappa shape index (κ3) is 4.81. The van der Waals surface area contributed by atoms with Crippen LogP contribution in [0.2, 0.25) is 0 Å². The lowest BCUT2D eigenvalue weighted by atomic mass is 9.94. The van der Waals surface area contributed by atoms with E-state index in [9.17, 15) is 4.79 Å². The summed E-state index contributed by atoms with van der Waals surface area (Å²) in [4.78, 5) is 11.9. The van der Waals surface area contributed by atoms with E-state index in [1.165, 1.54) is 11.3 Å². The van der Waals surface area contributed by atoms with Gasteiger partial charge >= 0.3 is 0 Å². The Labute approximate surface area is 135 Å². The quantitative estimate of drug-likeness (QED) is 0.758. The van der Waals surface area contributed by atoms with Crippen LogP contribution in [-0.4, -0.2) is 18.0 Å². The second kappa shape index (κ2) is 7.85. The maximum Gasteiger partial charge on any atom is 0.253 e. The molecule has 1 heterocycles. The molecule has 0 atom stereocenters. The Morgan fingerprint density at radius 3 is 2.39 bits per heavy atom. The molecule has 1 aromatic rings. The van der Waals surface area contributed by atoms with Gasteiger partial charge in [-0.15, -0.1) is 23.7 Å². The van der Waals surface area contributed by atoms with E-state index in [2.05, 4.69) is 37.2 Å². The fraction of sp³-hybridized carbons (Fsp3) is 0.545. The molecule has 0 saturated carbocycles. The summed E-state index contributed by atoms with van der Waals surface area (Å²) in [6.45, 7) is 4.57. The summed E-state index contributed by atoms with van der Waals surface area (Å²) in [7, 11) is 0. The van der Waals surface area contributed by atoms with Crippen LogP contribution in [0.4, 0.5) is 0 Å². The van der Waals surface area contributed by atoms with Crippen LogP contribution in [0.3, 0.4) is 0 Å².